The number of likely N-dealkylation sites (tertiary alicyclic amines) is 1. The molecule has 7 nitrogen and oxygen atoms in total. The van der Waals surface area contributed by atoms with E-state index in [1.54, 1.807) is 4.90 Å². The van der Waals surface area contributed by atoms with Crippen LogP contribution >= 0.6 is 0 Å². The highest BCUT2D eigenvalue weighted by Gasteiger charge is 2.32. The summed E-state index contributed by atoms with van der Waals surface area (Å²) in [5, 5.41) is 12.2. The van der Waals surface area contributed by atoms with Gasteiger partial charge in [0.15, 0.2) is 6.04 Å². The van der Waals surface area contributed by atoms with Crippen LogP contribution in [0.1, 0.15) is 24.0 Å². The highest BCUT2D eigenvalue weighted by atomic mass is 35.5. The first kappa shape index (κ1) is 25.4. The molecule has 3 rings (SSSR count). The Morgan fingerprint density at radius 1 is 0.938 bits per heavy atom. The molecule has 0 unspecified atom stereocenters. The number of carboxylic acid groups (broad SMARTS) is 1. The number of piperidine rings is 1. The number of halogens is 1. The number of aliphatic carboxylic acids is 1. The molecule has 1 heterocycles. The van der Waals surface area contributed by atoms with Crippen molar-refractivity contribution in [3.05, 3.63) is 71.8 Å². The Bertz CT molecular complexity index is 887. The van der Waals surface area contributed by atoms with E-state index in [2.05, 4.69) is 11.1 Å². The largest absolute Gasteiger partial charge is 1.00 e. The zero-order chi connectivity index (χ0) is 22.2. The van der Waals surface area contributed by atoms with E-state index in [1.165, 1.54) is 0 Å². The van der Waals surface area contributed by atoms with Crippen LogP contribution in [0.25, 0.3) is 0 Å². The molecule has 2 aromatic carbocycles. The summed E-state index contributed by atoms with van der Waals surface area (Å²) >= 11 is 0. The maximum Gasteiger partial charge on any atom is 0.326 e. The summed E-state index contributed by atoms with van der Waals surface area (Å²) in [5.74, 6) is -1.61. The lowest BCUT2D eigenvalue weighted by molar-refractivity contribution is -0.405. The molecule has 0 spiro atoms. The number of quaternary nitrogens is 1. The number of nitrogens with zero attached hydrogens (tertiary/aromatic N) is 1. The fourth-order valence-electron chi connectivity index (χ4n) is 3.95. The molecule has 0 saturated carbocycles. The SMILES string of the molecule is [Cl-].[NH3+][C@@H](Cc1ccccc1)C(=O)N1CCC(C(=O)N[C@@H](Cc2ccccc2)C(=O)O)CC1. The number of benzene rings is 2. The van der Waals surface area contributed by atoms with Crippen LogP contribution in [0.4, 0.5) is 0 Å². The van der Waals surface area contributed by atoms with Gasteiger partial charge in [-0.1, -0.05) is 60.7 Å². The van der Waals surface area contributed by atoms with Gasteiger partial charge in [0.25, 0.3) is 5.91 Å². The minimum Gasteiger partial charge on any atom is -1.00 e. The molecule has 32 heavy (non-hydrogen) atoms. The maximum absolute atomic E-state index is 12.7. The van der Waals surface area contributed by atoms with Gasteiger partial charge < -0.3 is 33.5 Å². The number of carbonyl (C=O) groups is 3. The molecule has 2 aromatic rings. The number of rotatable bonds is 8. The molecular weight excluding hydrogens is 430 g/mol. The van der Waals surface area contributed by atoms with Gasteiger partial charge >= 0.3 is 5.97 Å². The van der Waals surface area contributed by atoms with Crippen LogP contribution in [0.5, 0.6) is 0 Å². The lowest BCUT2D eigenvalue weighted by Crippen LogP contribution is -3.00. The van der Waals surface area contributed by atoms with Crippen molar-refractivity contribution in [2.75, 3.05) is 13.1 Å². The molecule has 5 N–H and O–H groups in total. The van der Waals surface area contributed by atoms with Gasteiger partial charge in [-0.15, -0.1) is 0 Å². The van der Waals surface area contributed by atoms with Crippen molar-refractivity contribution in [2.24, 2.45) is 5.92 Å². The van der Waals surface area contributed by atoms with Gasteiger partial charge in [0.2, 0.25) is 5.91 Å². The molecule has 8 heteroatoms. The molecule has 1 fully saturated rings. The van der Waals surface area contributed by atoms with Crippen LogP contribution in [-0.2, 0) is 27.2 Å². The molecule has 0 aromatic heterocycles. The van der Waals surface area contributed by atoms with Crippen LogP contribution in [-0.4, -0.2) is 53.0 Å². The van der Waals surface area contributed by atoms with E-state index in [4.69, 9.17) is 0 Å². The van der Waals surface area contributed by atoms with Gasteiger partial charge in [-0.2, -0.15) is 0 Å². The molecule has 1 aliphatic heterocycles. The summed E-state index contributed by atoms with van der Waals surface area (Å²) < 4.78 is 0. The highest BCUT2D eigenvalue weighted by Crippen LogP contribution is 2.19. The van der Waals surface area contributed by atoms with Crippen molar-refractivity contribution in [3.8, 4) is 0 Å². The van der Waals surface area contributed by atoms with Crippen molar-refractivity contribution < 1.29 is 37.6 Å². The van der Waals surface area contributed by atoms with E-state index in [0.29, 0.717) is 32.4 Å². The second kappa shape index (κ2) is 12.2. The summed E-state index contributed by atoms with van der Waals surface area (Å²) in [7, 11) is 0. The van der Waals surface area contributed by atoms with E-state index in [9.17, 15) is 19.5 Å². The summed E-state index contributed by atoms with van der Waals surface area (Å²) in [5.41, 5.74) is 5.95. The summed E-state index contributed by atoms with van der Waals surface area (Å²) in [6.45, 7) is 0.961. The normalized spacial score (nSPS) is 15.8. The monoisotopic (exact) mass is 459 g/mol. The Morgan fingerprint density at radius 2 is 1.44 bits per heavy atom. The highest BCUT2D eigenvalue weighted by molar-refractivity contribution is 5.86. The van der Waals surface area contributed by atoms with Crippen LogP contribution in [0.3, 0.4) is 0 Å². The molecule has 2 amide bonds. The Balaban J connectivity index is 0.00000363. The summed E-state index contributed by atoms with van der Waals surface area (Å²) in [4.78, 5) is 38.8. The van der Waals surface area contributed by atoms with Gasteiger partial charge in [-0.3, -0.25) is 9.59 Å². The number of amides is 2. The van der Waals surface area contributed by atoms with Crippen molar-refractivity contribution in [1.29, 1.82) is 0 Å². The van der Waals surface area contributed by atoms with Gasteiger partial charge in [-0.05, 0) is 24.0 Å². The third-order valence-electron chi connectivity index (χ3n) is 5.75. The standard InChI is InChI=1S/C24H29N3O4.ClH/c25-20(15-17-7-3-1-4-8-17)23(29)27-13-11-19(12-14-27)22(28)26-21(24(30)31)16-18-9-5-2-6-10-18;/h1-10,19-21H,11-16,25H2,(H,26,28)(H,30,31);1H/t20-,21-;/m0./s1. The Morgan fingerprint density at radius 3 is 1.94 bits per heavy atom. The van der Waals surface area contributed by atoms with Crippen LogP contribution in [0, 0.1) is 5.92 Å². The second-order valence-electron chi connectivity index (χ2n) is 8.08. The number of carbonyl (C=O) groups excluding carboxylic acids is 2. The number of hydrogen-bond donors (Lipinski definition) is 3. The number of hydrogen-bond acceptors (Lipinski definition) is 3. The fraction of sp³-hybridized carbons (Fsp3) is 0.375. The average molecular weight is 460 g/mol. The van der Waals surface area contributed by atoms with Crippen molar-refractivity contribution in [2.45, 2.75) is 37.8 Å². The average Bonchev–Trinajstić information content (AvgIpc) is 2.79. The first-order chi connectivity index (χ1) is 14.9. The third kappa shape index (κ3) is 7.07. The van der Waals surface area contributed by atoms with Crippen molar-refractivity contribution >= 4 is 17.8 Å². The minimum absolute atomic E-state index is 0. The quantitative estimate of drug-likeness (QED) is 0.419. The van der Waals surface area contributed by atoms with Crippen molar-refractivity contribution in [1.82, 2.24) is 10.2 Å². The lowest BCUT2D eigenvalue weighted by Gasteiger charge is -2.32. The predicted molar refractivity (Wildman–Crippen MR) is 116 cm³/mol. The zero-order valence-electron chi connectivity index (χ0n) is 18.0. The number of carboxylic acids is 1. The van der Waals surface area contributed by atoms with E-state index < -0.39 is 12.0 Å². The molecular formula is C24H30ClN3O4. The Labute approximate surface area is 194 Å². The second-order valence-corrected chi connectivity index (χ2v) is 8.08. The lowest BCUT2D eigenvalue weighted by atomic mass is 9.94. The van der Waals surface area contributed by atoms with Crippen LogP contribution in [0.2, 0.25) is 0 Å². The topological polar surface area (TPSA) is 114 Å². The Kier molecular flexibility index (Phi) is 9.68. The molecule has 0 aliphatic carbocycles. The van der Waals surface area contributed by atoms with Crippen LogP contribution in [0.15, 0.2) is 60.7 Å². The van der Waals surface area contributed by atoms with E-state index in [1.807, 2.05) is 60.7 Å². The summed E-state index contributed by atoms with van der Waals surface area (Å²) in [6.07, 6.45) is 1.86. The predicted octanol–water partition coefficient (Wildman–Crippen LogP) is -2.11. The van der Waals surface area contributed by atoms with E-state index >= 15 is 0 Å². The zero-order valence-corrected chi connectivity index (χ0v) is 18.7. The third-order valence-corrected chi connectivity index (χ3v) is 5.75. The molecule has 0 radical (unpaired) electrons. The van der Waals surface area contributed by atoms with Crippen molar-refractivity contribution in [3.63, 3.8) is 0 Å². The Hall–Kier alpha value is -2.90. The van der Waals surface area contributed by atoms with Crippen LogP contribution < -0.4 is 23.5 Å². The van der Waals surface area contributed by atoms with E-state index in [-0.39, 0.29) is 42.6 Å². The first-order valence-corrected chi connectivity index (χ1v) is 10.7. The van der Waals surface area contributed by atoms with Gasteiger partial charge in [0.05, 0.1) is 0 Å². The molecule has 1 aliphatic rings. The molecule has 172 valence electrons. The van der Waals surface area contributed by atoms with Gasteiger partial charge in [0, 0.05) is 31.8 Å². The number of nitrogens with one attached hydrogen (secondary N) is 1. The van der Waals surface area contributed by atoms with E-state index in [0.717, 1.165) is 11.1 Å². The first-order valence-electron chi connectivity index (χ1n) is 10.7. The minimum atomic E-state index is -1.05. The summed E-state index contributed by atoms with van der Waals surface area (Å²) in [6, 6.07) is 17.7. The molecule has 2 atom stereocenters. The molecule has 0 bridgehead atoms. The smallest absolute Gasteiger partial charge is 0.326 e. The maximum atomic E-state index is 12.7. The van der Waals surface area contributed by atoms with Gasteiger partial charge in [0.1, 0.15) is 6.04 Å². The fourth-order valence-corrected chi connectivity index (χ4v) is 3.95. The molecule has 1 saturated heterocycles. The van der Waals surface area contributed by atoms with Gasteiger partial charge in [-0.25, -0.2) is 4.79 Å².